The monoisotopic (exact) mass is 305 g/mol. The van der Waals surface area contributed by atoms with Crippen molar-refractivity contribution in [3.8, 4) is 0 Å². The predicted octanol–water partition coefficient (Wildman–Crippen LogP) is 4.30. The molecule has 1 unspecified atom stereocenters. The summed E-state index contributed by atoms with van der Waals surface area (Å²) in [6.07, 6.45) is -3.90. The zero-order chi connectivity index (χ0) is 15.9. The molecular weight excluding hydrogens is 291 g/mol. The molecule has 2 aromatic rings. The lowest BCUT2D eigenvalue weighted by Gasteiger charge is -2.24. The Morgan fingerprint density at radius 3 is 2.45 bits per heavy atom. The molecule has 2 aromatic carbocycles. The largest absolute Gasteiger partial charge is 0.417 e. The van der Waals surface area contributed by atoms with Crippen LogP contribution in [-0.4, -0.2) is 11.9 Å². The highest BCUT2D eigenvalue weighted by Gasteiger charge is 2.38. The van der Waals surface area contributed by atoms with Gasteiger partial charge in [0.2, 0.25) is 0 Å². The second-order valence-electron chi connectivity index (χ2n) is 5.40. The smallest absolute Gasteiger partial charge is 0.305 e. The molecule has 114 valence electrons. The Kier molecular flexibility index (Phi) is 3.43. The van der Waals surface area contributed by atoms with Gasteiger partial charge in [0, 0.05) is 11.7 Å². The zero-order valence-electron chi connectivity index (χ0n) is 11.9. The Morgan fingerprint density at radius 2 is 1.73 bits per heavy atom. The summed E-state index contributed by atoms with van der Waals surface area (Å²) in [6, 6.07) is 12.1. The molecule has 0 bridgehead atoms. The molecule has 1 amide bonds. The Labute approximate surface area is 126 Å². The summed E-state index contributed by atoms with van der Waals surface area (Å²) >= 11 is 0. The maximum absolute atomic E-state index is 13.1. The molecule has 5 heteroatoms. The van der Waals surface area contributed by atoms with E-state index in [2.05, 4.69) is 0 Å². The molecule has 2 nitrogen and oxygen atoms in total. The number of para-hydroxylation sites is 1. The van der Waals surface area contributed by atoms with E-state index in [-0.39, 0.29) is 11.6 Å². The van der Waals surface area contributed by atoms with Crippen molar-refractivity contribution < 1.29 is 18.0 Å². The number of rotatable bonds is 1. The minimum Gasteiger partial charge on any atom is -0.305 e. The van der Waals surface area contributed by atoms with Crippen molar-refractivity contribution in [3.05, 3.63) is 65.2 Å². The van der Waals surface area contributed by atoms with Crippen molar-refractivity contribution in [2.45, 2.75) is 25.6 Å². The Morgan fingerprint density at radius 1 is 1.09 bits per heavy atom. The van der Waals surface area contributed by atoms with Gasteiger partial charge in [0.15, 0.2) is 0 Å². The number of alkyl halides is 3. The van der Waals surface area contributed by atoms with E-state index in [0.717, 1.165) is 11.6 Å². The first kappa shape index (κ1) is 14.6. The molecule has 1 aliphatic heterocycles. The second-order valence-corrected chi connectivity index (χ2v) is 5.40. The summed E-state index contributed by atoms with van der Waals surface area (Å²) < 4.78 is 39.4. The van der Waals surface area contributed by atoms with Crippen LogP contribution in [0.15, 0.2) is 48.5 Å². The molecule has 0 saturated heterocycles. The predicted molar refractivity (Wildman–Crippen MR) is 77.9 cm³/mol. The number of anilines is 1. The molecule has 0 fully saturated rings. The SMILES string of the molecule is CC1Cc2ccccc2N1C(=O)c1ccccc1C(F)(F)F. The molecule has 0 N–H and O–H groups in total. The van der Waals surface area contributed by atoms with E-state index < -0.39 is 17.6 Å². The Bertz CT molecular complexity index is 724. The molecule has 0 spiro atoms. The molecule has 1 atom stereocenters. The maximum Gasteiger partial charge on any atom is 0.417 e. The summed E-state index contributed by atoms with van der Waals surface area (Å²) in [6.45, 7) is 1.84. The van der Waals surface area contributed by atoms with Gasteiger partial charge in [-0.15, -0.1) is 0 Å². The molecule has 0 saturated carbocycles. The van der Waals surface area contributed by atoms with Crippen molar-refractivity contribution in [2.75, 3.05) is 4.90 Å². The lowest BCUT2D eigenvalue weighted by Crippen LogP contribution is -2.36. The number of fused-ring (bicyclic) bond motifs is 1. The highest BCUT2D eigenvalue weighted by atomic mass is 19.4. The van der Waals surface area contributed by atoms with Crippen LogP contribution in [0.1, 0.15) is 28.4 Å². The quantitative estimate of drug-likeness (QED) is 0.769. The number of benzene rings is 2. The average Bonchev–Trinajstić information content (AvgIpc) is 2.81. The topological polar surface area (TPSA) is 20.3 Å². The normalized spacial score (nSPS) is 17.5. The van der Waals surface area contributed by atoms with E-state index in [9.17, 15) is 18.0 Å². The Balaban J connectivity index is 2.06. The number of hydrogen-bond acceptors (Lipinski definition) is 1. The van der Waals surface area contributed by atoms with E-state index >= 15 is 0 Å². The van der Waals surface area contributed by atoms with Crippen LogP contribution in [0, 0.1) is 0 Å². The molecular formula is C17H14F3NO. The zero-order valence-corrected chi connectivity index (χ0v) is 11.9. The number of carbonyl (C=O) groups is 1. The molecule has 1 aliphatic rings. The molecule has 0 radical (unpaired) electrons. The van der Waals surface area contributed by atoms with Crippen molar-refractivity contribution >= 4 is 11.6 Å². The summed E-state index contributed by atoms with van der Waals surface area (Å²) in [5.41, 5.74) is 0.472. The van der Waals surface area contributed by atoms with Crippen LogP contribution >= 0.6 is 0 Å². The first-order valence-electron chi connectivity index (χ1n) is 6.97. The number of halogens is 3. The molecule has 22 heavy (non-hydrogen) atoms. The average molecular weight is 305 g/mol. The van der Waals surface area contributed by atoms with Crippen LogP contribution in [0.4, 0.5) is 18.9 Å². The van der Waals surface area contributed by atoms with Gasteiger partial charge in [-0.3, -0.25) is 4.79 Å². The van der Waals surface area contributed by atoms with Gasteiger partial charge in [-0.05, 0) is 37.1 Å². The number of amides is 1. The van der Waals surface area contributed by atoms with Crippen LogP contribution < -0.4 is 4.90 Å². The van der Waals surface area contributed by atoms with Gasteiger partial charge < -0.3 is 4.90 Å². The molecule has 0 aromatic heterocycles. The fourth-order valence-electron chi connectivity index (χ4n) is 2.92. The summed E-state index contributed by atoms with van der Waals surface area (Å²) in [5, 5.41) is 0. The highest BCUT2D eigenvalue weighted by molar-refractivity contribution is 6.08. The van der Waals surface area contributed by atoms with Gasteiger partial charge in [-0.1, -0.05) is 30.3 Å². The van der Waals surface area contributed by atoms with Gasteiger partial charge in [-0.25, -0.2) is 0 Å². The second kappa shape index (κ2) is 5.16. The minimum absolute atomic E-state index is 0.161. The summed E-state index contributed by atoms with van der Waals surface area (Å²) in [4.78, 5) is 14.2. The summed E-state index contributed by atoms with van der Waals surface area (Å²) in [5.74, 6) is -0.606. The third kappa shape index (κ3) is 2.36. The van der Waals surface area contributed by atoms with Crippen molar-refractivity contribution in [1.82, 2.24) is 0 Å². The van der Waals surface area contributed by atoms with Crippen LogP contribution in [0.3, 0.4) is 0 Å². The van der Waals surface area contributed by atoms with Crippen molar-refractivity contribution in [1.29, 1.82) is 0 Å². The molecule has 0 aliphatic carbocycles. The van der Waals surface area contributed by atoms with E-state index in [1.807, 2.05) is 19.1 Å². The molecule has 1 heterocycles. The highest BCUT2D eigenvalue weighted by Crippen LogP contribution is 2.36. The van der Waals surface area contributed by atoms with Gasteiger partial charge in [0.1, 0.15) is 0 Å². The first-order chi connectivity index (χ1) is 10.4. The first-order valence-corrected chi connectivity index (χ1v) is 6.97. The third-order valence-electron chi connectivity index (χ3n) is 3.89. The van der Waals surface area contributed by atoms with Gasteiger partial charge in [0.05, 0.1) is 11.1 Å². The van der Waals surface area contributed by atoms with Gasteiger partial charge >= 0.3 is 6.18 Å². The van der Waals surface area contributed by atoms with Crippen LogP contribution in [0.5, 0.6) is 0 Å². The summed E-state index contributed by atoms with van der Waals surface area (Å²) in [7, 11) is 0. The fourth-order valence-corrected chi connectivity index (χ4v) is 2.92. The number of nitrogens with zero attached hydrogens (tertiary/aromatic N) is 1. The van der Waals surface area contributed by atoms with E-state index in [1.165, 1.54) is 23.1 Å². The number of carbonyl (C=O) groups excluding carboxylic acids is 1. The number of hydrogen-bond donors (Lipinski definition) is 0. The van der Waals surface area contributed by atoms with Crippen molar-refractivity contribution in [3.63, 3.8) is 0 Å². The van der Waals surface area contributed by atoms with Crippen LogP contribution in [0.25, 0.3) is 0 Å². The van der Waals surface area contributed by atoms with E-state index in [1.54, 1.807) is 12.1 Å². The van der Waals surface area contributed by atoms with Crippen LogP contribution in [-0.2, 0) is 12.6 Å². The maximum atomic E-state index is 13.1. The van der Waals surface area contributed by atoms with Crippen LogP contribution in [0.2, 0.25) is 0 Å². The molecule has 3 rings (SSSR count). The third-order valence-corrected chi connectivity index (χ3v) is 3.89. The minimum atomic E-state index is -4.55. The van der Waals surface area contributed by atoms with Gasteiger partial charge in [0.25, 0.3) is 5.91 Å². The standard InChI is InChI=1S/C17H14F3NO/c1-11-10-12-6-2-5-9-15(12)21(11)16(22)13-7-3-4-8-14(13)17(18,19)20/h2-9,11H,10H2,1H3. The van der Waals surface area contributed by atoms with Gasteiger partial charge in [-0.2, -0.15) is 13.2 Å². The van der Waals surface area contributed by atoms with Crippen molar-refractivity contribution in [2.24, 2.45) is 0 Å². The lowest BCUT2D eigenvalue weighted by atomic mass is 10.1. The van der Waals surface area contributed by atoms with E-state index in [4.69, 9.17) is 0 Å². The fraction of sp³-hybridized carbons (Fsp3) is 0.235. The lowest BCUT2D eigenvalue weighted by molar-refractivity contribution is -0.137. The van der Waals surface area contributed by atoms with E-state index in [0.29, 0.717) is 12.1 Å². The Hall–Kier alpha value is -2.30.